The molecule has 140 valence electrons. The molecule has 2 aromatic rings. The lowest BCUT2D eigenvalue weighted by atomic mass is 10.1. The molecule has 6 heteroatoms. The molecule has 0 aliphatic carbocycles. The molecule has 6 nitrogen and oxygen atoms in total. The second kappa shape index (κ2) is 8.03. The first-order chi connectivity index (χ1) is 13.0. The zero-order valence-electron chi connectivity index (χ0n) is 15.6. The van der Waals surface area contributed by atoms with Crippen molar-refractivity contribution in [1.82, 2.24) is 9.80 Å². The SMILES string of the molecule is CC(=O)Nc1ccc(C(=O)N2CCN(C(=O)c3ccccc3C)CC2)cc1. The summed E-state index contributed by atoms with van der Waals surface area (Å²) in [5.74, 6) is -0.198. The van der Waals surface area contributed by atoms with Crippen LogP contribution in [-0.2, 0) is 4.79 Å². The van der Waals surface area contributed by atoms with Crippen LogP contribution in [-0.4, -0.2) is 53.7 Å². The van der Waals surface area contributed by atoms with Gasteiger partial charge in [-0.25, -0.2) is 0 Å². The highest BCUT2D eigenvalue weighted by Crippen LogP contribution is 2.16. The lowest BCUT2D eigenvalue weighted by Gasteiger charge is -2.35. The molecule has 27 heavy (non-hydrogen) atoms. The summed E-state index contributed by atoms with van der Waals surface area (Å²) in [4.78, 5) is 40.0. The monoisotopic (exact) mass is 365 g/mol. The standard InChI is InChI=1S/C21H23N3O3/c1-15-5-3-4-6-19(15)21(27)24-13-11-23(12-14-24)20(26)17-7-9-18(10-8-17)22-16(2)25/h3-10H,11-14H2,1-2H3,(H,22,25). The second-order valence-corrected chi connectivity index (χ2v) is 6.66. The predicted molar refractivity (Wildman–Crippen MR) is 104 cm³/mol. The van der Waals surface area contributed by atoms with Crippen molar-refractivity contribution in [2.75, 3.05) is 31.5 Å². The Morgan fingerprint density at radius 2 is 1.37 bits per heavy atom. The molecule has 0 spiro atoms. The maximum atomic E-state index is 12.7. The molecule has 0 unspecified atom stereocenters. The molecule has 0 radical (unpaired) electrons. The molecule has 1 fully saturated rings. The summed E-state index contributed by atoms with van der Waals surface area (Å²) in [7, 11) is 0. The fraction of sp³-hybridized carbons (Fsp3) is 0.286. The average Bonchev–Trinajstić information content (AvgIpc) is 2.67. The van der Waals surface area contributed by atoms with Gasteiger partial charge in [-0.15, -0.1) is 0 Å². The summed E-state index contributed by atoms with van der Waals surface area (Å²) in [6, 6.07) is 14.4. The summed E-state index contributed by atoms with van der Waals surface area (Å²) >= 11 is 0. The molecule has 1 N–H and O–H groups in total. The van der Waals surface area contributed by atoms with Crippen molar-refractivity contribution < 1.29 is 14.4 Å². The number of nitrogens with zero attached hydrogens (tertiary/aromatic N) is 2. The van der Waals surface area contributed by atoms with E-state index in [1.54, 1.807) is 34.1 Å². The quantitative estimate of drug-likeness (QED) is 0.909. The van der Waals surface area contributed by atoms with Gasteiger partial charge in [0.05, 0.1) is 0 Å². The number of amides is 3. The predicted octanol–water partition coefficient (Wildman–Crippen LogP) is 2.55. The fourth-order valence-electron chi connectivity index (χ4n) is 3.18. The van der Waals surface area contributed by atoms with Crippen LogP contribution >= 0.6 is 0 Å². The number of carbonyl (C=O) groups excluding carboxylic acids is 3. The number of benzene rings is 2. The minimum Gasteiger partial charge on any atom is -0.335 e. The molecule has 3 amide bonds. The highest BCUT2D eigenvalue weighted by atomic mass is 16.2. The Hall–Kier alpha value is -3.15. The van der Waals surface area contributed by atoms with Gasteiger partial charge < -0.3 is 15.1 Å². The summed E-state index contributed by atoms with van der Waals surface area (Å²) in [6.45, 7) is 5.41. The number of hydrogen-bond donors (Lipinski definition) is 1. The largest absolute Gasteiger partial charge is 0.335 e. The first-order valence-corrected chi connectivity index (χ1v) is 8.97. The van der Waals surface area contributed by atoms with E-state index in [9.17, 15) is 14.4 Å². The normalized spacial score (nSPS) is 14.0. The number of rotatable bonds is 3. The lowest BCUT2D eigenvalue weighted by molar-refractivity contribution is -0.114. The van der Waals surface area contributed by atoms with Crippen LogP contribution in [0.1, 0.15) is 33.2 Å². The van der Waals surface area contributed by atoms with Gasteiger partial charge in [-0.3, -0.25) is 14.4 Å². The Morgan fingerprint density at radius 1 is 0.815 bits per heavy atom. The molecule has 1 aliphatic heterocycles. The maximum Gasteiger partial charge on any atom is 0.254 e. The molecular formula is C21H23N3O3. The summed E-state index contributed by atoms with van der Waals surface area (Å²) in [5.41, 5.74) is 2.90. The third-order valence-electron chi connectivity index (χ3n) is 4.68. The molecule has 0 atom stereocenters. The summed E-state index contributed by atoms with van der Waals surface area (Å²) in [6.07, 6.45) is 0. The highest BCUT2D eigenvalue weighted by Gasteiger charge is 2.26. The van der Waals surface area contributed by atoms with Crippen molar-refractivity contribution >= 4 is 23.4 Å². The topological polar surface area (TPSA) is 69.7 Å². The Kier molecular flexibility index (Phi) is 5.54. The number of piperazine rings is 1. The van der Waals surface area contributed by atoms with Gasteiger partial charge >= 0.3 is 0 Å². The molecular weight excluding hydrogens is 342 g/mol. The van der Waals surface area contributed by atoms with Gasteiger partial charge in [0.2, 0.25) is 5.91 Å². The Morgan fingerprint density at radius 3 is 1.93 bits per heavy atom. The number of anilines is 1. The zero-order valence-corrected chi connectivity index (χ0v) is 15.6. The van der Waals surface area contributed by atoms with E-state index in [0.717, 1.165) is 5.56 Å². The summed E-state index contributed by atoms with van der Waals surface area (Å²) in [5, 5.41) is 2.68. The molecule has 0 aromatic heterocycles. The van der Waals surface area contributed by atoms with Crippen LogP contribution in [0.5, 0.6) is 0 Å². The van der Waals surface area contributed by atoms with Gasteiger partial charge in [0.25, 0.3) is 11.8 Å². The van der Waals surface area contributed by atoms with E-state index in [2.05, 4.69) is 5.32 Å². The van der Waals surface area contributed by atoms with Crippen molar-refractivity contribution in [3.8, 4) is 0 Å². The van der Waals surface area contributed by atoms with E-state index >= 15 is 0 Å². The zero-order chi connectivity index (χ0) is 19.4. The van der Waals surface area contributed by atoms with Crippen LogP contribution in [0.15, 0.2) is 48.5 Å². The smallest absolute Gasteiger partial charge is 0.254 e. The maximum absolute atomic E-state index is 12.7. The lowest BCUT2D eigenvalue weighted by Crippen LogP contribution is -2.50. The second-order valence-electron chi connectivity index (χ2n) is 6.66. The number of nitrogens with one attached hydrogen (secondary N) is 1. The Labute approximate surface area is 158 Å². The molecule has 2 aromatic carbocycles. The van der Waals surface area contributed by atoms with Crippen molar-refractivity contribution in [3.05, 3.63) is 65.2 Å². The minimum atomic E-state index is -0.150. The van der Waals surface area contributed by atoms with Gasteiger partial charge in [0, 0.05) is 49.9 Å². The van der Waals surface area contributed by atoms with Crippen LogP contribution < -0.4 is 5.32 Å². The van der Waals surface area contributed by atoms with E-state index in [4.69, 9.17) is 0 Å². The van der Waals surface area contributed by atoms with Crippen molar-refractivity contribution in [3.63, 3.8) is 0 Å². The van der Waals surface area contributed by atoms with Crippen molar-refractivity contribution in [2.45, 2.75) is 13.8 Å². The number of aryl methyl sites for hydroxylation is 1. The Bertz CT molecular complexity index is 853. The minimum absolute atomic E-state index is 0.0138. The van der Waals surface area contributed by atoms with E-state index < -0.39 is 0 Å². The molecule has 1 heterocycles. The van der Waals surface area contributed by atoms with Gasteiger partial charge in [0.1, 0.15) is 0 Å². The van der Waals surface area contributed by atoms with Crippen molar-refractivity contribution in [1.29, 1.82) is 0 Å². The molecule has 0 saturated carbocycles. The van der Waals surface area contributed by atoms with Crippen molar-refractivity contribution in [2.24, 2.45) is 0 Å². The van der Waals surface area contributed by atoms with Crippen LogP contribution in [0, 0.1) is 6.92 Å². The molecule has 3 rings (SSSR count). The first-order valence-electron chi connectivity index (χ1n) is 8.97. The van der Waals surface area contributed by atoms with Crippen LogP contribution in [0.25, 0.3) is 0 Å². The first kappa shape index (κ1) is 18.6. The molecule has 1 saturated heterocycles. The highest BCUT2D eigenvalue weighted by molar-refractivity contribution is 5.97. The van der Waals surface area contributed by atoms with Gasteiger partial charge in [-0.1, -0.05) is 18.2 Å². The van der Waals surface area contributed by atoms with Crippen LogP contribution in [0.3, 0.4) is 0 Å². The van der Waals surface area contributed by atoms with Gasteiger partial charge in [-0.2, -0.15) is 0 Å². The number of hydrogen-bond acceptors (Lipinski definition) is 3. The van der Waals surface area contributed by atoms with Crippen LogP contribution in [0.4, 0.5) is 5.69 Å². The third kappa shape index (κ3) is 4.34. The van der Waals surface area contributed by atoms with E-state index in [0.29, 0.717) is 43.0 Å². The summed E-state index contributed by atoms with van der Waals surface area (Å²) < 4.78 is 0. The van der Waals surface area contributed by atoms with E-state index in [1.807, 2.05) is 31.2 Å². The van der Waals surface area contributed by atoms with Gasteiger partial charge in [-0.05, 0) is 42.8 Å². The molecule has 0 bridgehead atoms. The average molecular weight is 365 g/mol. The van der Waals surface area contributed by atoms with E-state index in [-0.39, 0.29) is 17.7 Å². The number of carbonyl (C=O) groups is 3. The van der Waals surface area contributed by atoms with Crippen LogP contribution in [0.2, 0.25) is 0 Å². The third-order valence-corrected chi connectivity index (χ3v) is 4.68. The van der Waals surface area contributed by atoms with E-state index in [1.165, 1.54) is 6.92 Å². The Balaban J connectivity index is 1.60. The fourth-order valence-corrected chi connectivity index (χ4v) is 3.18. The molecule has 1 aliphatic rings. The van der Waals surface area contributed by atoms with Gasteiger partial charge in [0.15, 0.2) is 0 Å².